The highest BCUT2D eigenvalue weighted by Gasteiger charge is 2.58. The number of hydrogen-bond donors (Lipinski definition) is 0. The van der Waals surface area contributed by atoms with Crippen LogP contribution in [-0.4, -0.2) is 10.5 Å². The number of pyridine rings is 1. The fourth-order valence-electron chi connectivity index (χ4n) is 12.1. The van der Waals surface area contributed by atoms with Gasteiger partial charge in [-0.3, -0.25) is 0 Å². The molecule has 0 saturated heterocycles. The zero-order chi connectivity index (χ0) is 41.9. The molecule has 0 amide bonds. The molecule has 2 atom stereocenters. The zero-order valence-electron chi connectivity index (χ0n) is 35.7. The summed E-state index contributed by atoms with van der Waals surface area (Å²) in [6.45, 7) is 5.05. The maximum atomic E-state index is 5.17. The van der Waals surface area contributed by atoms with Crippen molar-refractivity contribution in [3.05, 3.63) is 200 Å². The van der Waals surface area contributed by atoms with E-state index in [4.69, 9.17) is 4.98 Å². The van der Waals surface area contributed by atoms with Crippen molar-refractivity contribution >= 4 is 65.4 Å². The van der Waals surface area contributed by atoms with E-state index >= 15 is 0 Å². The summed E-state index contributed by atoms with van der Waals surface area (Å²) in [6.07, 6.45) is 6.71. The first-order valence-electron chi connectivity index (χ1n) is 22.7. The molecule has 0 radical (unpaired) electrons. The van der Waals surface area contributed by atoms with Crippen LogP contribution in [0.2, 0.25) is 0 Å². The van der Waals surface area contributed by atoms with Crippen LogP contribution in [0.3, 0.4) is 0 Å². The van der Waals surface area contributed by atoms with E-state index in [-0.39, 0.29) is 11.0 Å². The maximum absolute atomic E-state index is 5.17. The fraction of sp³-hybridized carbons (Fsp3) is 0.131. The van der Waals surface area contributed by atoms with Gasteiger partial charge in [-0.2, -0.15) is 0 Å². The van der Waals surface area contributed by atoms with E-state index < -0.39 is 0 Å². The third kappa shape index (κ3) is 5.16. The number of fused-ring (bicyclic) bond motifs is 5. The molecule has 2 unspecified atom stereocenters. The molecule has 2 heteroatoms. The quantitative estimate of drug-likeness (QED) is 0.161. The fourth-order valence-corrected chi connectivity index (χ4v) is 12.1. The third-order valence-corrected chi connectivity index (χ3v) is 15.4. The van der Waals surface area contributed by atoms with Crippen molar-refractivity contribution < 1.29 is 0 Å². The second-order valence-corrected chi connectivity index (χ2v) is 18.5. The normalized spacial score (nSPS) is 18.5. The summed E-state index contributed by atoms with van der Waals surface area (Å²) in [7, 11) is 0. The van der Waals surface area contributed by atoms with Crippen LogP contribution in [0.25, 0.3) is 98.4 Å². The molecule has 1 aliphatic heterocycles. The average molecular weight is 807 g/mol. The van der Waals surface area contributed by atoms with Crippen molar-refractivity contribution in [2.24, 2.45) is 0 Å². The summed E-state index contributed by atoms with van der Waals surface area (Å²) in [5, 5.41) is 12.8. The third-order valence-electron chi connectivity index (χ3n) is 15.4. The molecule has 0 spiro atoms. The van der Waals surface area contributed by atoms with Gasteiger partial charge in [0.15, 0.2) is 0 Å². The van der Waals surface area contributed by atoms with E-state index in [1.165, 1.54) is 122 Å². The molecular formula is C61H46N2. The molecule has 13 rings (SSSR count). The minimum atomic E-state index is -0.118. The van der Waals surface area contributed by atoms with Gasteiger partial charge in [0, 0.05) is 22.7 Å². The van der Waals surface area contributed by atoms with E-state index in [2.05, 4.69) is 207 Å². The van der Waals surface area contributed by atoms with Gasteiger partial charge in [0.05, 0.1) is 5.54 Å². The number of benzene rings is 10. The molecule has 300 valence electrons. The lowest BCUT2D eigenvalue weighted by atomic mass is 9.61. The molecule has 63 heavy (non-hydrogen) atoms. The van der Waals surface area contributed by atoms with Crippen LogP contribution < -0.4 is 4.90 Å². The molecule has 1 fully saturated rings. The van der Waals surface area contributed by atoms with Gasteiger partial charge in [0.1, 0.15) is 5.82 Å². The standard InChI is InChI=1S/C61H46N2/c1-60-33-13-14-34-61(60,2)63(59-45-24-12-10-21-42(45)32-35-62-59)56-31-26-43(36-55(56)60)53-37-51(40-16-5-3-6-17-40)47-29-30-50-54(46-25-15-22-39-20-9-11-23-44(39)46)38-52(41-18-7-4-8-19-41)48-27-28-49(53)57(47)58(48)50/h3-12,15-32,35-38H,13-14,33-34H2,1-2H3. The van der Waals surface area contributed by atoms with Crippen molar-refractivity contribution in [2.75, 3.05) is 4.90 Å². The van der Waals surface area contributed by atoms with Crippen LogP contribution in [0.15, 0.2) is 194 Å². The Bertz CT molecular complexity index is 3600. The molecule has 0 bridgehead atoms. The average Bonchev–Trinajstić information content (AvgIpc) is 3.55. The smallest absolute Gasteiger partial charge is 0.141 e. The minimum Gasteiger partial charge on any atom is -0.319 e. The van der Waals surface area contributed by atoms with Gasteiger partial charge in [-0.15, -0.1) is 0 Å². The first-order valence-corrected chi connectivity index (χ1v) is 22.7. The van der Waals surface area contributed by atoms with Crippen LogP contribution in [0, 0.1) is 0 Å². The van der Waals surface area contributed by atoms with Gasteiger partial charge in [0.25, 0.3) is 0 Å². The zero-order valence-corrected chi connectivity index (χ0v) is 35.7. The predicted octanol–water partition coefficient (Wildman–Crippen LogP) is 16.7. The van der Waals surface area contributed by atoms with Gasteiger partial charge in [0.2, 0.25) is 0 Å². The Morgan fingerprint density at radius 2 is 0.952 bits per heavy atom. The Labute approximate surface area is 368 Å². The highest BCUT2D eigenvalue weighted by atomic mass is 15.3. The summed E-state index contributed by atoms with van der Waals surface area (Å²) < 4.78 is 0. The number of nitrogens with zero attached hydrogens (tertiary/aromatic N) is 2. The van der Waals surface area contributed by atoms with Crippen molar-refractivity contribution in [3.8, 4) is 44.5 Å². The lowest BCUT2D eigenvalue weighted by Crippen LogP contribution is -2.54. The maximum Gasteiger partial charge on any atom is 0.141 e. The first-order chi connectivity index (χ1) is 31.0. The molecule has 2 nitrogen and oxygen atoms in total. The van der Waals surface area contributed by atoms with Gasteiger partial charge >= 0.3 is 0 Å². The molecule has 1 aromatic heterocycles. The molecule has 0 N–H and O–H groups in total. The summed E-state index contributed by atoms with van der Waals surface area (Å²) in [5.74, 6) is 1.07. The Kier molecular flexibility index (Phi) is 7.85. The lowest BCUT2D eigenvalue weighted by Gasteiger charge is -2.50. The molecule has 1 saturated carbocycles. The monoisotopic (exact) mass is 806 g/mol. The SMILES string of the molecule is CC12CCCCC1(C)N(c1nccc3ccccc13)c1ccc(-c3cc(-c4ccccc4)c4ccc5c(-c6cccc7ccccc67)cc(-c6ccccc6)c6ccc3c4c65)cc12. The van der Waals surface area contributed by atoms with Crippen molar-refractivity contribution in [1.29, 1.82) is 0 Å². The largest absolute Gasteiger partial charge is 0.319 e. The number of rotatable bonds is 5. The Morgan fingerprint density at radius 3 is 1.63 bits per heavy atom. The number of anilines is 2. The van der Waals surface area contributed by atoms with Crippen molar-refractivity contribution in [2.45, 2.75) is 50.5 Å². The van der Waals surface area contributed by atoms with E-state index in [1.54, 1.807) is 0 Å². The van der Waals surface area contributed by atoms with E-state index in [0.29, 0.717) is 0 Å². The predicted molar refractivity (Wildman–Crippen MR) is 268 cm³/mol. The Balaban J connectivity index is 1.12. The van der Waals surface area contributed by atoms with Crippen LogP contribution >= 0.6 is 0 Å². The summed E-state index contributed by atoms with van der Waals surface area (Å²) in [5.41, 5.74) is 12.6. The van der Waals surface area contributed by atoms with Gasteiger partial charge in [-0.25, -0.2) is 4.98 Å². The summed E-state index contributed by atoms with van der Waals surface area (Å²) >= 11 is 0. The van der Waals surface area contributed by atoms with E-state index in [0.717, 1.165) is 18.7 Å². The number of aromatic nitrogens is 1. The van der Waals surface area contributed by atoms with Gasteiger partial charge < -0.3 is 4.90 Å². The van der Waals surface area contributed by atoms with Crippen LogP contribution in [0.5, 0.6) is 0 Å². The van der Waals surface area contributed by atoms with Crippen LogP contribution in [-0.2, 0) is 5.41 Å². The highest BCUT2D eigenvalue weighted by Crippen LogP contribution is 2.62. The summed E-state index contributed by atoms with van der Waals surface area (Å²) in [4.78, 5) is 7.80. The van der Waals surface area contributed by atoms with Gasteiger partial charge in [-0.05, 0) is 149 Å². The van der Waals surface area contributed by atoms with Crippen LogP contribution in [0.1, 0.15) is 45.1 Å². The highest BCUT2D eigenvalue weighted by molar-refractivity contribution is 6.32. The van der Waals surface area contributed by atoms with E-state index in [1.807, 2.05) is 6.20 Å². The van der Waals surface area contributed by atoms with Gasteiger partial charge in [-0.1, -0.05) is 177 Å². The molecule has 2 heterocycles. The van der Waals surface area contributed by atoms with Crippen molar-refractivity contribution in [3.63, 3.8) is 0 Å². The Morgan fingerprint density at radius 1 is 0.413 bits per heavy atom. The molecule has 1 aliphatic carbocycles. The van der Waals surface area contributed by atoms with Crippen LogP contribution in [0.4, 0.5) is 11.5 Å². The number of hydrogen-bond acceptors (Lipinski definition) is 2. The second kappa shape index (κ2) is 13.6. The Hall–Kier alpha value is -7.29. The summed E-state index contributed by atoms with van der Waals surface area (Å²) in [6, 6.07) is 70.5. The minimum absolute atomic E-state index is 0.0563. The molecular weight excluding hydrogens is 761 g/mol. The molecule has 2 aliphatic rings. The molecule has 11 aromatic rings. The lowest BCUT2D eigenvalue weighted by molar-refractivity contribution is 0.194. The van der Waals surface area contributed by atoms with Crippen molar-refractivity contribution in [1.82, 2.24) is 4.98 Å². The molecule has 10 aromatic carbocycles. The second-order valence-electron chi connectivity index (χ2n) is 18.5. The van der Waals surface area contributed by atoms with E-state index in [9.17, 15) is 0 Å². The topological polar surface area (TPSA) is 16.1 Å². The first kappa shape index (κ1) is 36.4.